The lowest BCUT2D eigenvalue weighted by Gasteiger charge is -2.27. The Kier molecular flexibility index (Phi) is 5.50. The van der Waals surface area contributed by atoms with Crippen LogP contribution in [0, 0.1) is 10.1 Å². The summed E-state index contributed by atoms with van der Waals surface area (Å²) in [5.74, 6) is -0.325. The molecular weight excluding hydrogens is 372 g/mol. The van der Waals surface area contributed by atoms with Gasteiger partial charge in [0.15, 0.2) is 0 Å². The first-order valence-corrected chi connectivity index (χ1v) is 9.40. The van der Waals surface area contributed by atoms with Gasteiger partial charge >= 0.3 is 5.97 Å². The predicted octanol–water partition coefficient (Wildman–Crippen LogP) is 3.80. The normalized spacial score (nSPS) is 14.6. The van der Waals surface area contributed by atoms with Gasteiger partial charge in [-0.05, 0) is 22.9 Å². The minimum Gasteiger partial charge on any atom is -0.422 e. The predicted molar refractivity (Wildman–Crippen MR) is 108 cm³/mol. The lowest BCUT2D eigenvalue weighted by atomic mass is 10.0. The molecule has 0 radical (unpaired) electrons. The lowest BCUT2D eigenvalue weighted by Crippen LogP contribution is -2.35. The Bertz CT molecular complexity index is 1060. The number of esters is 1. The summed E-state index contributed by atoms with van der Waals surface area (Å²) in [4.78, 5) is 25.7. The van der Waals surface area contributed by atoms with E-state index in [1.165, 1.54) is 18.2 Å². The number of rotatable bonds is 5. The first-order valence-electron chi connectivity index (χ1n) is 9.40. The molecule has 0 aromatic heterocycles. The second-order valence-corrected chi connectivity index (χ2v) is 6.82. The van der Waals surface area contributed by atoms with Crippen molar-refractivity contribution in [2.45, 2.75) is 6.54 Å². The van der Waals surface area contributed by atoms with Gasteiger partial charge in [0.05, 0.1) is 18.1 Å². The maximum absolute atomic E-state index is 12.8. The molecule has 7 nitrogen and oxygen atoms in total. The Morgan fingerprint density at radius 1 is 1.03 bits per heavy atom. The van der Waals surface area contributed by atoms with E-state index in [-0.39, 0.29) is 11.3 Å². The van der Waals surface area contributed by atoms with Gasteiger partial charge in [-0.15, -0.1) is 0 Å². The van der Waals surface area contributed by atoms with Crippen molar-refractivity contribution in [3.63, 3.8) is 0 Å². The van der Waals surface area contributed by atoms with Crippen molar-refractivity contribution < 1.29 is 19.2 Å². The third-order valence-electron chi connectivity index (χ3n) is 5.01. The quantitative estimate of drug-likeness (QED) is 0.284. The molecule has 29 heavy (non-hydrogen) atoms. The zero-order chi connectivity index (χ0) is 20.2. The molecule has 1 aliphatic rings. The van der Waals surface area contributed by atoms with Gasteiger partial charge in [0.2, 0.25) is 0 Å². The number of hydrogen-bond acceptors (Lipinski definition) is 6. The number of fused-ring (bicyclic) bond motifs is 1. The van der Waals surface area contributed by atoms with Crippen LogP contribution in [0.25, 0.3) is 10.8 Å². The summed E-state index contributed by atoms with van der Waals surface area (Å²) in [7, 11) is 0. The van der Waals surface area contributed by atoms with Crippen molar-refractivity contribution >= 4 is 22.4 Å². The molecule has 1 fully saturated rings. The maximum atomic E-state index is 12.8. The molecule has 0 aliphatic carbocycles. The third-order valence-corrected chi connectivity index (χ3v) is 5.01. The second kappa shape index (κ2) is 8.38. The highest BCUT2D eigenvalue weighted by atomic mass is 16.6. The number of ether oxygens (including phenoxy) is 2. The van der Waals surface area contributed by atoms with E-state index in [4.69, 9.17) is 9.47 Å². The standard InChI is InChI=1S/C22H20N2O5/c25-22(18-7-3-4-8-20(18)24(26)27)29-21-10-9-16-5-1-2-6-17(16)19(21)15-23-11-13-28-14-12-23/h1-10H,11-15H2. The number of para-hydroxylation sites is 1. The molecule has 3 aromatic carbocycles. The molecule has 0 spiro atoms. The van der Waals surface area contributed by atoms with E-state index in [0.29, 0.717) is 25.5 Å². The molecule has 1 aliphatic heterocycles. The highest BCUT2D eigenvalue weighted by Crippen LogP contribution is 2.31. The fraction of sp³-hybridized carbons (Fsp3) is 0.227. The average Bonchev–Trinajstić information content (AvgIpc) is 2.76. The molecule has 0 atom stereocenters. The molecule has 4 rings (SSSR count). The summed E-state index contributed by atoms with van der Waals surface area (Å²) in [6.07, 6.45) is 0. The van der Waals surface area contributed by atoms with Crippen LogP contribution in [-0.4, -0.2) is 42.1 Å². The number of benzene rings is 3. The van der Waals surface area contributed by atoms with E-state index in [1.54, 1.807) is 12.1 Å². The number of nitrogens with zero attached hydrogens (tertiary/aromatic N) is 2. The van der Waals surface area contributed by atoms with E-state index in [9.17, 15) is 14.9 Å². The largest absolute Gasteiger partial charge is 0.422 e. The fourth-order valence-electron chi connectivity index (χ4n) is 3.52. The minimum atomic E-state index is -0.740. The number of nitro groups is 1. The van der Waals surface area contributed by atoms with Crippen molar-refractivity contribution in [3.8, 4) is 5.75 Å². The highest BCUT2D eigenvalue weighted by molar-refractivity contribution is 5.96. The van der Waals surface area contributed by atoms with Crippen LogP contribution in [0.5, 0.6) is 5.75 Å². The maximum Gasteiger partial charge on any atom is 0.350 e. The summed E-state index contributed by atoms with van der Waals surface area (Å²) in [6, 6.07) is 17.4. The van der Waals surface area contributed by atoms with E-state index in [1.807, 2.05) is 30.3 Å². The van der Waals surface area contributed by atoms with Crippen molar-refractivity contribution in [2.24, 2.45) is 0 Å². The zero-order valence-corrected chi connectivity index (χ0v) is 15.7. The van der Waals surface area contributed by atoms with Crippen LogP contribution < -0.4 is 4.74 Å². The fourth-order valence-corrected chi connectivity index (χ4v) is 3.52. The van der Waals surface area contributed by atoms with E-state index >= 15 is 0 Å². The van der Waals surface area contributed by atoms with Crippen molar-refractivity contribution in [3.05, 3.63) is 81.9 Å². The molecule has 1 heterocycles. The van der Waals surface area contributed by atoms with Crippen LogP contribution in [0.15, 0.2) is 60.7 Å². The number of carbonyl (C=O) groups excluding carboxylic acids is 1. The van der Waals surface area contributed by atoms with Gasteiger partial charge in [-0.3, -0.25) is 15.0 Å². The molecule has 7 heteroatoms. The Balaban J connectivity index is 1.70. The summed E-state index contributed by atoms with van der Waals surface area (Å²) >= 11 is 0. The Morgan fingerprint density at radius 2 is 1.76 bits per heavy atom. The Hall–Kier alpha value is -3.29. The molecule has 0 saturated carbocycles. The molecular formula is C22H20N2O5. The van der Waals surface area contributed by atoms with Crippen molar-refractivity contribution in [2.75, 3.05) is 26.3 Å². The number of nitro benzene ring substituents is 1. The first kappa shape index (κ1) is 19.0. The number of morpholine rings is 1. The van der Waals surface area contributed by atoms with Gasteiger partial charge in [0, 0.05) is 31.3 Å². The van der Waals surface area contributed by atoms with Gasteiger partial charge < -0.3 is 9.47 Å². The zero-order valence-electron chi connectivity index (χ0n) is 15.7. The lowest BCUT2D eigenvalue weighted by molar-refractivity contribution is -0.385. The molecule has 0 bridgehead atoms. The molecule has 0 unspecified atom stereocenters. The summed E-state index contributed by atoms with van der Waals surface area (Å²) in [5, 5.41) is 13.3. The van der Waals surface area contributed by atoms with E-state index < -0.39 is 10.9 Å². The number of carbonyl (C=O) groups is 1. The van der Waals surface area contributed by atoms with Crippen LogP contribution in [0.2, 0.25) is 0 Å². The third kappa shape index (κ3) is 4.11. The molecule has 0 N–H and O–H groups in total. The SMILES string of the molecule is O=C(Oc1ccc2ccccc2c1CN1CCOCC1)c1ccccc1[N+](=O)[O-]. The van der Waals surface area contributed by atoms with Crippen LogP contribution in [0.4, 0.5) is 5.69 Å². The minimum absolute atomic E-state index is 0.0667. The van der Waals surface area contributed by atoms with Crippen molar-refractivity contribution in [1.82, 2.24) is 4.90 Å². The summed E-state index contributed by atoms with van der Waals surface area (Å²) in [6.45, 7) is 3.51. The van der Waals surface area contributed by atoms with E-state index in [2.05, 4.69) is 4.90 Å². The molecule has 148 valence electrons. The molecule has 0 amide bonds. The first-order chi connectivity index (χ1) is 14.1. The summed E-state index contributed by atoms with van der Waals surface area (Å²) < 4.78 is 11.1. The average molecular weight is 392 g/mol. The Labute approximate surface area is 167 Å². The molecule has 1 saturated heterocycles. The van der Waals surface area contributed by atoms with Gasteiger partial charge in [0.1, 0.15) is 11.3 Å². The monoisotopic (exact) mass is 392 g/mol. The smallest absolute Gasteiger partial charge is 0.350 e. The van der Waals surface area contributed by atoms with Gasteiger partial charge in [-0.2, -0.15) is 0 Å². The van der Waals surface area contributed by atoms with Gasteiger partial charge in [-0.25, -0.2) is 4.79 Å². The van der Waals surface area contributed by atoms with Crippen LogP contribution >= 0.6 is 0 Å². The number of hydrogen-bond donors (Lipinski definition) is 0. The van der Waals surface area contributed by atoms with Crippen LogP contribution in [0.1, 0.15) is 15.9 Å². The van der Waals surface area contributed by atoms with E-state index in [0.717, 1.165) is 29.4 Å². The van der Waals surface area contributed by atoms with Gasteiger partial charge in [0.25, 0.3) is 5.69 Å². The summed E-state index contributed by atoms with van der Waals surface area (Å²) in [5.41, 5.74) is 0.549. The van der Waals surface area contributed by atoms with Gasteiger partial charge in [-0.1, -0.05) is 42.5 Å². The molecule has 3 aromatic rings. The van der Waals surface area contributed by atoms with Crippen LogP contribution in [-0.2, 0) is 11.3 Å². The van der Waals surface area contributed by atoms with Crippen molar-refractivity contribution in [1.29, 1.82) is 0 Å². The second-order valence-electron chi connectivity index (χ2n) is 6.82. The Morgan fingerprint density at radius 3 is 2.55 bits per heavy atom. The topological polar surface area (TPSA) is 81.9 Å². The highest BCUT2D eigenvalue weighted by Gasteiger charge is 2.23. The van der Waals surface area contributed by atoms with Crippen LogP contribution in [0.3, 0.4) is 0 Å².